The Morgan fingerprint density at radius 1 is 1.10 bits per heavy atom. The van der Waals surface area contributed by atoms with Gasteiger partial charge in [-0.2, -0.15) is 5.10 Å². The van der Waals surface area contributed by atoms with Crippen LogP contribution < -0.4 is 14.8 Å². The van der Waals surface area contributed by atoms with Gasteiger partial charge in [0.25, 0.3) is 5.91 Å². The highest BCUT2D eigenvalue weighted by Gasteiger charge is 2.20. The van der Waals surface area contributed by atoms with Gasteiger partial charge >= 0.3 is 0 Å². The highest BCUT2D eigenvalue weighted by atomic mass is 16.7. The molecule has 156 valence electrons. The second kappa shape index (κ2) is 7.43. The molecule has 1 amide bonds. The van der Waals surface area contributed by atoms with Crippen LogP contribution in [0.15, 0.2) is 54.7 Å². The molecule has 0 aliphatic carbocycles. The summed E-state index contributed by atoms with van der Waals surface area (Å²) >= 11 is 0. The van der Waals surface area contributed by atoms with Gasteiger partial charge in [-0.1, -0.05) is 24.3 Å². The average Bonchev–Trinajstić information content (AvgIpc) is 3.39. The Morgan fingerprint density at radius 3 is 2.71 bits per heavy atom. The number of benzene rings is 2. The first-order valence-corrected chi connectivity index (χ1v) is 10.2. The van der Waals surface area contributed by atoms with E-state index in [1.807, 2.05) is 55.8 Å². The molecule has 0 unspecified atom stereocenters. The van der Waals surface area contributed by atoms with Gasteiger partial charge in [0, 0.05) is 23.4 Å². The maximum Gasteiger partial charge on any atom is 0.256 e. The molecule has 0 saturated heterocycles. The van der Waals surface area contributed by atoms with Crippen molar-refractivity contribution in [1.29, 1.82) is 0 Å². The summed E-state index contributed by atoms with van der Waals surface area (Å²) in [7, 11) is 0. The number of amides is 1. The molecule has 2 aromatic carbocycles. The van der Waals surface area contributed by atoms with Crippen LogP contribution >= 0.6 is 0 Å². The molecule has 1 N–H and O–H groups in total. The van der Waals surface area contributed by atoms with Crippen LogP contribution in [0.3, 0.4) is 0 Å². The second-order valence-electron chi connectivity index (χ2n) is 7.81. The van der Waals surface area contributed by atoms with Gasteiger partial charge in [0.15, 0.2) is 17.1 Å². The van der Waals surface area contributed by atoms with Crippen LogP contribution in [0.1, 0.15) is 35.8 Å². The summed E-state index contributed by atoms with van der Waals surface area (Å²) in [5, 5.41) is 8.17. The molecule has 7 heteroatoms. The number of nitrogens with one attached hydrogen (secondary N) is 1. The Hall–Kier alpha value is -3.87. The SMILES string of the molecule is Cc1ccccc1-c1cc(C(=O)Nc2ccc3c(c2)OCO3)c2cnn(C(C)C)c2n1. The topological polar surface area (TPSA) is 78.3 Å². The summed E-state index contributed by atoms with van der Waals surface area (Å²) in [6, 6.07) is 15.3. The largest absolute Gasteiger partial charge is 0.454 e. The van der Waals surface area contributed by atoms with Gasteiger partial charge in [-0.3, -0.25) is 4.79 Å². The number of carbonyl (C=O) groups is 1. The number of rotatable bonds is 4. The standard InChI is InChI=1S/C24H22N4O3/c1-14(2)28-23-19(12-25-28)18(11-20(27-23)17-7-5-4-6-15(17)3)24(29)26-16-8-9-21-22(10-16)31-13-30-21/h4-12,14H,13H2,1-3H3,(H,26,29). The fraction of sp³-hybridized carbons (Fsp3) is 0.208. The van der Waals surface area contributed by atoms with Crippen molar-refractivity contribution in [3.05, 3.63) is 65.9 Å². The first kappa shape index (κ1) is 19.1. The van der Waals surface area contributed by atoms with E-state index in [1.165, 1.54) is 0 Å². The van der Waals surface area contributed by atoms with Crippen LogP contribution in [0.4, 0.5) is 5.69 Å². The Labute approximate surface area is 179 Å². The smallest absolute Gasteiger partial charge is 0.256 e. The summed E-state index contributed by atoms with van der Waals surface area (Å²) in [5.41, 5.74) is 4.65. The lowest BCUT2D eigenvalue weighted by atomic mass is 10.0. The first-order valence-electron chi connectivity index (χ1n) is 10.2. The zero-order valence-electron chi connectivity index (χ0n) is 17.5. The van der Waals surface area contributed by atoms with Crippen LogP contribution in [0, 0.1) is 6.92 Å². The number of carbonyl (C=O) groups excluding carboxylic acids is 1. The van der Waals surface area contributed by atoms with E-state index in [4.69, 9.17) is 14.5 Å². The van der Waals surface area contributed by atoms with E-state index >= 15 is 0 Å². The van der Waals surface area contributed by atoms with Gasteiger partial charge in [-0.05, 0) is 44.5 Å². The molecule has 0 spiro atoms. The van der Waals surface area contributed by atoms with Gasteiger partial charge in [-0.15, -0.1) is 0 Å². The van der Waals surface area contributed by atoms with Crippen LogP contribution in [0.25, 0.3) is 22.3 Å². The Kier molecular flexibility index (Phi) is 4.58. The van der Waals surface area contributed by atoms with Gasteiger partial charge in [-0.25, -0.2) is 9.67 Å². The molecule has 1 aliphatic rings. The van der Waals surface area contributed by atoms with E-state index in [-0.39, 0.29) is 18.7 Å². The van der Waals surface area contributed by atoms with Crippen molar-refractivity contribution < 1.29 is 14.3 Å². The number of pyridine rings is 1. The molecule has 0 bridgehead atoms. The summed E-state index contributed by atoms with van der Waals surface area (Å²) in [6.07, 6.45) is 1.71. The van der Waals surface area contributed by atoms with Crippen LogP contribution in [0.2, 0.25) is 0 Å². The van der Waals surface area contributed by atoms with Crippen LogP contribution in [0.5, 0.6) is 11.5 Å². The third kappa shape index (κ3) is 3.38. The first-order chi connectivity index (χ1) is 15.0. The van der Waals surface area contributed by atoms with Crippen molar-refractivity contribution in [1.82, 2.24) is 14.8 Å². The number of aromatic nitrogens is 3. The molecule has 0 fully saturated rings. The van der Waals surface area contributed by atoms with Gasteiger partial charge in [0.05, 0.1) is 22.8 Å². The third-order valence-electron chi connectivity index (χ3n) is 5.35. The van der Waals surface area contributed by atoms with Crippen molar-refractivity contribution in [2.24, 2.45) is 0 Å². The molecule has 4 aromatic rings. The van der Waals surface area contributed by atoms with E-state index in [0.29, 0.717) is 33.8 Å². The molecule has 0 radical (unpaired) electrons. The van der Waals surface area contributed by atoms with Crippen molar-refractivity contribution in [3.63, 3.8) is 0 Å². The molecule has 7 nitrogen and oxygen atoms in total. The van der Waals surface area contributed by atoms with E-state index < -0.39 is 0 Å². The maximum atomic E-state index is 13.3. The summed E-state index contributed by atoms with van der Waals surface area (Å²) < 4.78 is 12.6. The number of anilines is 1. The van der Waals surface area contributed by atoms with Crippen LogP contribution in [-0.4, -0.2) is 27.5 Å². The van der Waals surface area contributed by atoms with Crippen molar-refractivity contribution >= 4 is 22.6 Å². The predicted molar refractivity (Wildman–Crippen MR) is 119 cm³/mol. The quantitative estimate of drug-likeness (QED) is 0.510. The van der Waals surface area contributed by atoms with Crippen molar-refractivity contribution in [3.8, 4) is 22.8 Å². The lowest BCUT2D eigenvalue weighted by Gasteiger charge is -2.12. The summed E-state index contributed by atoms with van der Waals surface area (Å²) in [5.74, 6) is 1.06. The average molecular weight is 414 g/mol. The zero-order chi connectivity index (χ0) is 21.5. The summed E-state index contributed by atoms with van der Waals surface area (Å²) in [4.78, 5) is 18.2. The number of nitrogens with zero attached hydrogens (tertiary/aromatic N) is 3. The molecular weight excluding hydrogens is 392 g/mol. The monoisotopic (exact) mass is 414 g/mol. The van der Waals surface area contributed by atoms with Gasteiger partial charge in [0.2, 0.25) is 6.79 Å². The Morgan fingerprint density at radius 2 is 1.90 bits per heavy atom. The highest BCUT2D eigenvalue weighted by molar-refractivity contribution is 6.12. The predicted octanol–water partition coefficient (Wildman–Crippen LogP) is 4.97. The van der Waals surface area contributed by atoms with E-state index in [2.05, 4.69) is 10.4 Å². The van der Waals surface area contributed by atoms with Crippen LogP contribution in [-0.2, 0) is 0 Å². The van der Waals surface area contributed by atoms with Crippen molar-refractivity contribution in [2.45, 2.75) is 26.8 Å². The molecule has 0 saturated carbocycles. The minimum atomic E-state index is -0.232. The van der Waals surface area contributed by atoms with E-state index in [1.54, 1.807) is 24.4 Å². The minimum absolute atomic E-state index is 0.113. The second-order valence-corrected chi connectivity index (χ2v) is 7.81. The minimum Gasteiger partial charge on any atom is -0.454 e. The molecule has 0 atom stereocenters. The number of ether oxygens (including phenoxy) is 2. The fourth-order valence-corrected chi connectivity index (χ4v) is 3.75. The highest BCUT2D eigenvalue weighted by Crippen LogP contribution is 2.35. The number of fused-ring (bicyclic) bond motifs is 2. The zero-order valence-corrected chi connectivity index (χ0v) is 17.5. The molecule has 31 heavy (non-hydrogen) atoms. The summed E-state index contributed by atoms with van der Waals surface area (Å²) in [6.45, 7) is 6.31. The fourth-order valence-electron chi connectivity index (χ4n) is 3.75. The lowest BCUT2D eigenvalue weighted by molar-refractivity contribution is 0.102. The third-order valence-corrected chi connectivity index (χ3v) is 5.35. The molecule has 1 aliphatic heterocycles. The van der Waals surface area contributed by atoms with E-state index in [9.17, 15) is 4.79 Å². The molecule has 3 heterocycles. The normalized spacial score (nSPS) is 12.5. The maximum absolute atomic E-state index is 13.3. The lowest BCUT2D eigenvalue weighted by Crippen LogP contribution is -2.13. The van der Waals surface area contributed by atoms with Gasteiger partial charge < -0.3 is 14.8 Å². The molecule has 5 rings (SSSR count). The van der Waals surface area contributed by atoms with Crippen molar-refractivity contribution in [2.75, 3.05) is 12.1 Å². The Balaban J connectivity index is 1.61. The van der Waals surface area contributed by atoms with Gasteiger partial charge in [0.1, 0.15) is 0 Å². The Bertz CT molecular complexity index is 1310. The number of hydrogen-bond acceptors (Lipinski definition) is 5. The number of aryl methyl sites for hydroxylation is 1. The molecular formula is C24H22N4O3. The molecule has 2 aromatic heterocycles. The number of hydrogen-bond donors (Lipinski definition) is 1. The van der Waals surface area contributed by atoms with E-state index in [0.717, 1.165) is 16.8 Å².